The first kappa shape index (κ1) is 18.3. The van der Waals surface area contributed by atoms with Crippen LogP contribution in [0.2, 0.25) is 0 Å². The van der Waals surface area contributed by atoms with Gasteiger partial charge in [-0.2, -0.15) is 0 Å². The standard InChI is InChI=1S/C29H24O2/c1-19(31-29-15-7-13-25-23-11-5-3-9-21(23)17-27(25)29)18-30-28-14-6-12-24-22-10-4-2-8-20(22)16-26(24)28/h2-15,19H,16-18H2,1H3. The van der Waals surface area contributed by atoms with E-state index in [1.165, 1.54) is 44.5 Å². The van der Waals surface area contributed by atoms with Crippen LogP contribution in [0, 0.1) is 0 Å². The van der Waals surface area contributed by atoms with Gasteiger partial charge in [-0.15, -0.1) is 0 Å². The van der Waals surface area contributed by atoms with E-state index >= 15 is 0 Å². The molecule has 152 valence electrons. The van der Waals surface area contributed by atoms with Gasteiger partial charge in [0.25, 0.3) is 0 Å². The Morgan fingerprint density at radius 3 is 1.77 bits per heavy atom. The van der Waals surface area contributed by atoms with Crippen LogP contribution in [0.3, 0.4) is 0 Å². The fourth-order valence-electron chi connectivity index (χ4n) is 4.96. The molecule has 0 spiro atoms. The first-order valence-electron chi connectivity index (χ1n) is 11.0. The van der Waals surface area contributed by atoms with Gasteiger partial charge in [0.1, 0.15) is 24.2 Å². The Balaban J connectivity index is 1.18. The van der Waals surface area contributed by atoms with Crippen LogP contribution in [-0.2, 0) is 12.8 Å². The Hall–Kier alpha value is -3.52. The highest BCUT2D eigenvalue weighted by Crippen LogP contribution is 2.42. The van der Waals surface area contributed by atoms with Crippen molar-refractivity contribution in [3.63, 3.8) is 0 Å². The van der Waals surface area contributed by atoms with E-state index in [-0.39, 0.29) is 6.10 Å². The van der Waals surface area contributed by atoms with Crippen molar-refractivity contribution in [3.05, 3.63) is 107 Å². The van der Waals surface area contributed by atoms with Crippen LogP contribution >= 0.6 is 0 Å². The molecule has 0 saturated carbocycles. The van der Waals surface area contributed by atoms with Crippen molar-refractivity contribution < 1.29 is 9.47 Å². The summed E-state index contributed by atoms with van der Waals surface area (Å²) in [6.07, 6.45) is 1.82. The van der Waals surface area contributed by atoms with Crippen molar-refractivity contribution in [2.24, 2.45) is 0 Å². The molecule has 2 nitrogen and oxygen atoms in total. The van der Waals surface area contributed by atoms with Crippen molar-refractivity contribution in [2.75, 3.05) is 6.61 Å². The van der Waals surface area contributed by atoms with Crippen molar-refractivity contribution >= 4 is 0 Å². The van der Waals surface area contributed by atoms with E-state index < -0.39 is 0 Å². The van der Waals surface area contributed by atoms with Crippen molar-refractivity contribution in [1.29, 1.82) is 0 Å². The molecule has 0 radical (unpaired) electrons. The molecule has 0 aromatic heterocycles. The second-order valence-corrected chi connectivity index (χ2v) is 8.47. The molecule has 0 bridgehead atoms. The number of hydrogen-bond acceptors (Lipinski definition) is 2. The highest BCUT2D eigenvalue weighted by atomic mass is 16.5. The molecule has 0 saturated heterocycles. The van der Waals surface area contributed by atoms with Gasteiger partial charge in [-0.05, 0) is 52.4 Å². The summed E-state index contributed by atoms with van der Waals surface area (Å²) in [6.45, 7) is 2.60. The molecule has 0 amide bonds. The number of rotatable bonds is 5. The predicted molar refractivity (Wildman–Crippen MR) is 125 cm³/mol. The third kappa shape index (κ3) is 3.11. The zero-order chi connectivity index (χ0) is 20.8. The lowest BCUT2D eigenvalue weighted by atomic mass is 10.1. The Morgan fingerprint density at radius 1 is 0.613 bits per heavy atom. The van der Waals surface area contributed by atoms with E-state index in [1.807, 2.05) is 0 Å². The smallest absolute Gasteiger partial charge is 0.130 e. The molecule has 0 fully saturated rings. The quantitative estimate of drug-likeness (QED) is 0.319. The minimum absolute atomic E-state index is 0.0464. The molecule has 0 aliphatic heterocycles. The zero-order valence-corrected chi connectivity index (χ0v) is 17.6. The number of hydrogen-bond donors (Lipinski definition) is 0. The van der Waals surface area contributed by atoms with Crippen LogP contribution in [0.15, 0.2) is 84.9 Å². The molecule has 4 aromatic carbocycles. The van der Waals surface area contributed by atoms with Gasteiger partial charge in [-0.3, -0.25) is 0 Å². The van der Waals surface area contributed by atoms with Crippen LogP contribution in [0.4, 0.5) is 0 Å². The number of ether oxygens (including phenoxy) is 2. The van der Waals surface area contributed by atoms with E-state index in [9.17, 15) is 0 Å². The molecule has 6 rings (SSSR count). The molecule has 31 heavy (non-hydrogen) atoms. The van der Waals surface area contributed by atoms with E-state index in [0.717, 1.165) is 24.3 Å². The summed E-state index contributed by atoms with van der Waals surface area (Å²) in [5.41, 5.74) is 10.5. The minimum Gasteiger partial charge on any atom is -0.489 e. The van der Waals surface area contributed by atoms with E-state index in [1.54, 1.807) is 0 Å². The summed E-state index contributed by atoms with van der Waals surface area (Å²) in [6, 6.07) is 30.0. The van der Waals surface area contributed by atoms with E-state index in [4.69, 9.17) is 9.47 Å². The van der Waals surface area contributed by atoms with Gasteiger partial charge in [0, 0.05) is 24.0 Å². The molecule has 1 unspecified atom stereocenters. The third-order valence-electron chi connectivity index (χ3n) is 6.42. The van der Waals surface area contributed by atoms with Crippen LogP contribution in [0.1, 0.15) is 29.2 Å². The first-order valence-corrected chi connectivity index (χ1v) is 11.0. The van der Waals surface area contributed by atoms with Gasteiger partial charge in [0.05, 0.1) is 0 Å². The SMILES string of the molecule is CC(COc1cccc2c1Cc1ccccc1-2)Oc1cccc2c1Cc1ccccc1-2. The number of fused-ring (bicyclic) bond motifs is 6. The average Bonchev–Trinajstić information content (AvgIpc) is 3.37. The highest BCUT2D eigenvalue weighted by Gasteiger charge is 2.23. The molecular weight excluding hydrogens is 380 g/mol. The summed E-state index contributed by atoms with van der Waals surface area (Å²) in [5, 5.41) is 0. The van der Waals surface area contributed by atoms with Gasteiger partial charge >= 0.3 is 0 Å². The maximum atomic E-state index is 6.37. The Morgan fingerprint density at radius 2 is 1.13 bits per heavy atom. The molecule has 1 atom stereocenters. The molecular formula is C29H24O2. The van der Waals surface area contributed by atoms with E-state index in [0.29, 0.717) is 6.61 Å². The maximum Gasteiger partial charge on any atom is 0.130 e. The fourth-order valence-corrected chi connectivity index (χ4v) is 4.96. The van der Waals surface area contributed by atoms with Crippen LogP contribution in [0.25, 0.3) is 22.3 Å². The Bertz CT molecular complexity index is 1290. The predicted octanol–water partition coefficient (Wildman–Crippen LogP) is 6.68. The van der Waals surface area contributed by atoms with Gasteiger partial charge < -0.3 is 9.47 Å². The van der Waals surface area contributed by atoms with E-state index in [2.05, 4.69) is 91.9 Å². The zero-order valence-electron chi connectivity index (χ0n) is 17.6. The first-order chi connectivity index (χ1) is 15.3. The van der Waals surface area contributed by atoms with Crippen LogP contribution in [0.5, 0.6) is 11.5 Å². The maximum absolute atomic E-state index is 6.37. The van der Waals surface area contributed by atoms with Crippen molar-refractivity contribution in [2.45, 2.75) is 25.9 Å². The second-order valence-electron chi connectivity index (χ2n) is 8.47. The van der Waals surface area contributed by atoms with Crippen molar-refractivity contribution in [3.8, 4) is 33.8 Å². The number of benzene rings is 4. The molecule has 0 N–H and O–H groups in total. The van der Waals surface area contributed by atoms with Gasteiger partial charge in [0.15, 0.2) is 0 Å². The fraction of sp³-hybridized carbons (Fsp3) is 0.172. The summed E-state index contributed by atoms with van der Waals surface area (Å²) in [4.78, 5) is 0. The normalized spacial score (nSPS) is 13.7. The van der Waals surface area contributed by atoms with Crippen LogP contribution < -0.4 is 9.47 Å². The lowest BCUT2D eigenvalue weighted by Gasteiger charge is -2.19. The molecule has 2 aliphatic rings. The lowest BCUT2D eigenvalue weighted by Crippen LogP contribution is -2.22. The molecule has 0 heterocycles. The monoisotopic (exact) mass is 404 g/mol. The lowest BCUT2D eigenvalue weighted by molar-refractivity contribution is 0.141. The van der Waals surface area contributed by atoms with Crippen molar-refractivity contribution in [1.82, 2.24) is 0 Å². The summed E-state index contributed by atoms with van der Waals surface area (Å²) in [5.74, 6) is 1.94. The van der Waals surface area contributed by atoms with Gasteiger partial charge in [0.2, 0.25) is 0 Å². The minimum atomic E-state index is -0.0464. The van der Waals surface area contributed by atoms with Gasteiger partial charge in [-0.25, -0.2) is 0 Å². The summed E-state index contributed by atoms with van der Waals surface area (Å²) >= 11 is 0. The highest BCUT2D eigenvalue weighted by molar-refractivity contribution is 5.79. The topological polar surface area (TPSA) is 18.5 Å². The summed E-state index contributed by atoms with van der Waals surface area (Å²) < 4.78 is 12.6. The largest absolute Gasteiger partial charge is 0.489 e. The molecule has 2 heteroatoms. The Labute approximate surface area is 183 Å². The Kier molecular flexibility index (Phi) is 4.31. The average molecular weight is 405 g/mol. The van der Waals surface area contributed by atoms with Crippen LogP contribution in [-0.4, -0.2) is 12.7 Å². The second kappa shape index (κ2) is 7.31. The molecule has 2 aliphatic carbocycles. The van der Waals surface area contributed by atoms with Gasteiger partial charge in [-0.1, -0.05) is 72.8 Å². The summed E-state index contributed by atoms with van der Waals surface area (Å²) in [7, 11) is 0. The third-order valence-corrected chi connectivity index (χ3v) is 6.42. The molecule has 4 aromatic rings.